The molecule has 0 atom stereocenters. The van der Waals surface area contributed by atoms with Crippen molar-refractivity contribution in [3.05, 3.63) is 41.8 Å². The van der Waals surface area contributed by atoms with Gasteiger partial charge in [0.15, 0.2) is 5.76 Å². The Kier molecular flexibility index (Phi) is 3.94. The normalized spacial score (nSPS) is 10.3. The maximum Gasteiger partial charge on any atom is 0.292 e. The van der Waals surface area contributed by atoms with Gasteiger partial charge in [-0.05, 0) is 18.6 Å². The van der Waals surface area contributed by atoms with E-state index in [0.29, 0.717) is 10.7 Å². The fourth-order valence-electron chi connectivity index (χ4n) is 1.66. The van der Waals surface area contributed by atoms with Crippen LogP contribution in [0.4, 0.5) is 11.7 Å². The smallest absolute Gasteiger partial charge is 0.292 e. The van der Waals surface area contributed by atoms with Crippen molar-refractivity contribution in [3.63, 3.8) is 0 Å². The monoisotopic (exact) mass is 261 g/mol. The van der Waals surface area contributed by atoms with Gasteiger partial charge in [-0.25, -0.2) is 0 Å². The Morgan fingerprint density at radius 3 is 2.78 bits per heavy atom. The number of nitrogen functional groups attached to an aromatic ring is 1. The van der Waals surface area contributed by atoms with Gasteiger partial charge in [0, 0.05) is 5.69 Å². The van der Waals surface area contributed by atoms with E-state index < -0.39 is 0 Å². The maximum absolute atomic E-state index is 5.58. The van der Waals surface area contributed by atoms with Gasteiger partial charge >= 0.3 is 0 Å². The molecule has 2 aromatic rings. The fraction of sp³-hybridized carbons (Fsp3) is 0.231. The summed E-state index contributed by atoms with van der Waals surface area (Å²) in [6.07, 6.45) is 1.76. The summed E-state index contributed by atoms with van der Waals surface area (Å²) in [6.45, 7) is 2.07. The summed E-state index contributed by atoms with van der Waals surface area (Å²) in [7, 11) is 0. The lowest BCUT2D eigenvalue weighted by molar-refractivity contribution is 0.570. The molecule has 0 bridgehead atoms. The minimum Gasteiger partial charge on any atom is -0.421 e. The Bertz CT molecular complexity index is 536. The standard InChI is InChI=1S/C13H15N3OS/c1-2-6-10-11(17-13(14)16-10)12(18)15-9-7-4-3-5-8-9/h3-5,7-8H,2,6H2,1H3,(H2,14,16)(H,15,18). The van der Waals surface area contributed by atoms with Crippen LogP contribution in [0.2, 0.25) is 0 Å². The first kappa shape index (κ1) is 12.6. The molecule has 0 radical (unpaired) electrons. The molecule has 0 spiro atoms. The largest absolute Gasteiger partial charge is 0.421 e. The molecule has 0 aliphatic carbocycles. The molecule has 5 heteroatoms. The summed E-state index contributed by atoms with van der Waals surface area (Å²) < 4.78 is 5.36. The van der Waals surface area contributed by atoms with Gasteiger partial charge < -0.3 is 15.5 Å². The first-order chi connectivity index (χ1) is 8.70. The maximum atomic E-state index is 5.58. The molecule has 1 heterocycles. The van der Waals surface area contributed by atoms with Crippen molar-refractivity contribution in [1.82, 2.24) is 4.98 Å². The van der Waals surface area contributed by atoms with Gasteiger partial charge in [0.2, 0.25) is 0 Å². The predicted molar refractivity (Wildman–Crippen MR) is 76.7 cm³/mol. The number of thiocarbonyl (C=S) groups is 1. The van der Waals surface area contributed by atoms with Crippen molar-refractivity contribution >= 4 is 28.9 Å². The van der Waals surface area contributed by atoms with Crippen molar-refractivity contribution in [2.45, 2.75) is 19.8 Å². The summed E-state index contributed by atoms with van der Waals surface area (Å²) in [6, 6.07) is 9.85. The first-order valence-corrected chi connectivity index (χ1v) is 6.23. The average Bonchev–Trinajstić information content (AvgIpc) is 2.72. The molecule has 0 fully saturated rings. The molecule has 1 aromatic carbocycles. The molecular weight excluding hydrogens is 246 g/mol. The van der Waals surface area contributed by atoms with Crippen molar-refractivity contribution < 1.29 is 4.42 Å². The van der Waals surface area contributed by atoms with Crippen LogP contribution in [-0.4, -0.2) is 9.97 Å². The topological polar surface area (TPSA) is 64.1 Å². The highest BCUT2D eigenvalue weighted by Crippen LogP contribution is 2.17. The van der Waals surface area contributed by atoms with E-state index in [9.17, 15) is 0 Å². The van der Waals surface area contributed by atoms with E-state index >= 15 is 0 Å². The quantitative estimate of drug-likeness (QED) is 0.828. The predicted octanol–water partition coefficient (Wildman–Crippen LogP) is 3.00. The lowest BCUT2D eigenvalue weighted by atomic mass is 10.2. The number of benzene rings is 1. The molecule has 0 saturated heterocycles. The third-order valence-electron chi connectivity index (χ3n) is 2.44. The molecule has 0 saturated carbocycles. The Balaban J connectivity index is 2.18. The van der Waals surface area contributed by atoms with Gasteiger partial charge in [-0.3, -0.25) is 0 Å². The van der Waals surface area contributed by atoms with Crippen molar-refractivity contribution in [2.24, 2.45) is 0 Å². The number of para-hydroxylation sites is 1. The first-order valence-electron chi connectivity index (χ1n) is 5.82. The van der Waals surface area contributed by atoms with E-state index in [1.54, 1.807) is 0 Å². The molecule has 2 rings (SSSR count). The van der Waals surface area contributed by atoms with Crippen LogP contribution in [0, 0.1) is 0 Å². The van der Waals surface area contributed by atoms with Gasteiger partial charge in [-0.1, -0.05) is 43.8 Å². The highest BCUT2D eigenvalue weighted by atomic mass is 32.1. The molecule has 3 N–H and O–H groups in total. The van der Waals surface area contributed by atoms with Crippen molar-refractivity contribution in [3.8, 4) is 0 Å². The second kappa shape index (κ2) is 5.64. The van der Waals surface area contributed by atoms with E-state index in [1.807, 2.05) is 30.3 Å². The number of rotatable bonds is 4. The highest BCUT2D eigenvalue weighted by molar-refractivity contribution is 7.81. The van der Waals surface area contributed by atoms with Crippen LogP contribution in [0.3, 0.4) is 0 Å². The number of nitrogens with one attached hydrogen (secondary N) is 1. The van der Waals surface area contributed by atoms with Crippen LogP contribution >= 0.6 is 12.2 Å². The highest BCUT2D eigenvalue weighted by Gasteiger charge is 2.15. The number of hydrogen-bond acceptors (Lipinski definition) is 4. The van der Waals surface area contributed by atoms with Crippen LogP contribution in [0.25, 0.3) is 0 Å². The molecule has 0 unspecified atom stereocenters. The van der Waals surface area contributed by atoms with E-state index in [-0.39, 0.29) is 6.01 Å². The molecule has 0 amide bonds. The number of nitrogens with two attached hydrogens (primary N) is 1. The zero-order valence-corrected chi connectivity index (χ0v) is 11.0. The molecule has 0 aliphatic heterocycles. The van der Waals surface area contributed by atoms with Gasteiger partial charge in [-0.15, -0.1) is 0 Å². The van der Waals surface area contributed by atoms with Crippen molar-refractivity contribution in [2.75, 3.05) is 11.1 Å². The van der Waals surface area contributed by atoms with Crippen LogP contribution in [0.1, 0.15) is 24.8 Å². The van der Waals surface area contributed by atoms with Crippen LogP contribution < -0.4 is 11.1 Å². The zero-order valence-electron chi connectivity index (χ0n) is 10.1. The number of hydrogen-bond donors (Lipinski definition) is 2. The lowest BCUT2D eigenvalue weighted by Gasteiger charge is -2.06. The summed E-state index contributed by atoms with van der Waals surface area (Å²) in [5, 5.41) is 3.11. The third-order valence-corrected chi connectivity index (χ3v) is 2.73. The Labute approximate surface area is 111 Å². The Morgan fingerprint density at radius 1 is 1.39 bits per heavy atom. The molecule has 1 aromatic heterocycles. The van der Waals surface area contributed by atoms with Gasteiger partial charge in [-0.2, -0.15) is 4.98 Å². The van der Waals surface area contributed by atoms with E-state index in [0.717, 1.165) is 24.2 Å². The number of anilines is 2. The number of aromatic nitrogens is 1. The zero-order chi connectivity index (χ0) is 13.0. The lowest BCUT2D eigenvalue weighted by Crippen LogP contribution is -2.11. The Morgan fingerprint density at radius 2 is 2.11 bits per heavy atom. The van der Waals surface area contributed by atoms with Gasteiger partial charge in [0.25, 0.3) is 6.01 Å². The van der Waals surface area contributed by atoms with Gasteiger partial charge in [0.1, 0.15) is 4.99 Å². The fourth-order valence-corrected chi connectivity index (χ4v) is 1.94. The Hall–Kier alpha value is -1.88. The minimum absolute atomic E-state index is 0.158. The second-order valence-electron chi connectivity index (χ2n) is 3.90. The van der Waals surface area contributed by atoms with Crippen LogP contribution in [0.15, 0.2) is 34.7 Å². The molecule has 4 nitrogen and oxygen atoms in total. The number of oxazole rings is 1. The van der Waals surface area contributed by atoms with E-state index in [1.165, 1.54) is 0 Å². The van der Waals surface area contributed by atoms with E-state index in [2.05, 4.69) is 17.2 Å². The third kappa shape index (κ3) is 2.87. The summed E-state index contributed by atoms with van der Waals surface area (Å²) in [4.78, 5) is 4.65. The minimum atomic E-state index is 0.158. The van der Waals surface area contributed by atoms with Crippen LogP contribution in [-0.2, 0) is 6.42 Å². The second-order valence-corrected chi connectivity index (χ2v) is 4.31. The summed E-state index contributed by atoms with van der Waals surface area (Å²) in [5.74, 6) is 0.563. The number of nitrogens with zero attached hydrogens (tertiary/aromatic N) is 1. The van der Waals surface area contributed by atoms with Gasteiger partial charge in [0.05, 0.1) is 5.69 Å². The molecule has 18 heavy (non-hydrogen) atoms. The van der Waals surface area contributed by atoms with Crippen LogP contribution in [0.5, 0.6) is 0 Å². The molecule has 0 aliphatic rings. The number of aryl methyl sites for hydroxylation is 1. The van der Waals surface area contributed by atoms with Crippen molar-refractivity contribution in [1.29, 1.82) is 0 Å². The summed E-state index contributed by atoms with van der Waals surface area (Å²) in [5.41, 5.74) is 7.30. The summed E-state index contributed by atoms with van der Waals surface area (Å²) >= 11 is 5.32. The van der Waals surface area contributed by atoms with E-state index in [4.69, 9.17) is 22.4 Å². The SMILES string of the molecule is CCCc1nc(N)oc1C(=S)Nc1ccccc1. The molecule has 94 valence electrons. The average molecular weight is 261 g/mol. The molecular formula is C13H15N3OS.